The van der Waals surface area contributed by atoms with Crippen LogP contribution < -0.4 is 0 Å². The molecule has 0 aliphatic heterocycles. The Morgan fingerprint density at radius 2 is 2.25 bits per heavy atom. The van der Waals surface area contributed by atoms with Crippen LogP contribution in [0.4, 0.5) is 13.2 Å². The molecule has 0 aliphatic rings. The number of pyridine rings is 1. The largest absolute Gasteiger partial charge is 0.469 e. The molecule has 3 nitrogen and oxygen atoms in total. The summed E-state index contributed by atoms with van der Waals surface area (Å²) in [6, 6.07) is 0.843. The average Bonchev–Trinajstić information content (AvgIpc) is 2.22. The molecule has 1 heterocycles. The first kappa shape index (κ1) is 13.0. The number of rotatable bonds is 3. The van der Waals surface area contributed by atoms with Gasteiger partial charge in [-0.25, -0.2) is 18.2 Å². The smallest absolute Gasteiger partial charge is 0.310 e. The quantitative estimate of drug-likeness (QED) is 0.636. The summed E-state index contributed by atoms with van der Waals surface area (Å²) in [5, 5.41) is 0. The predicted molar refractivity (Wildman–Crippen MR) is 52.6 cm³/mol. The summed E-state index contributed by atoms with van der Waals surface area (Å²) in [6.45, 7) is 0. The van der Waals surface area contributed by atoms with Gasteiger partial charge < -0.3 is 4.74 Å². The summed E-state index contributed by atoms with van der Waals surface area (Å²) in [7, 11) is 1.17. The summed E-state index contributed by atoms with van der Waals surface area (Å²) in [4.78, 5) is 14.3. The normalized spacial score (nSPS) is 10.6. The highest BCUT2D eigenvalue weighted by Gasteiger charge is 2.19. The first-order valence-corrected chi connectivity index (χ1v) is 4.94. The number of halogens is 4. The number of ether oxygens (including phenoxy) is 1. The van der Waals surface area contributed by atoms with E-state index in [-0.39, 0.29) is 16.6 Å². The minimum Gasteiger partial charge on any atom is -0.469 e. The predicted octanol–water partition coefficient (Wildman–Crippen LogP) is 2.64. The van der Waals surface area contributed by atoms with Crippen molar-refractivity contribution in [2.24, 2.45) is 0 Å². The SMILES string of the molecule is COC(=O)Cc1cc(F)c(C(F)F)nc1Br. The van der Waals surface area contributed by atoms with Gasteiger partial charge in [-0.05, 0) is 27.6 Å². The molecule has 0 aromatic carbocycles. The van der Waals surface area contributed by atoms with Gasteiger partial charge in [0.2, 0.25) is 0 Å². The van der Waals surface area contributed by atoms with Gasteiger partial charge in [0.25, 0.3) is 6.43 Å². The van der Waals surface area contributed by atoms with Gasteiger partial charge in [-0.15, -0.1) is 0 Å². The number of hydrogen-bond donors (Lipinski definition) is 0. The summed E-state index contributed by atoms with van der Waals surface area (Å²) < 4.78 is 42.0. The lowest BCUT2D eigenvalue weighted by Gasteiger charge is -2.06. The van der Waals surface area contributed by atoms with Crippen LogP contribution in [0.1, 0.15) is 17.7 Å². The molecule has 1 rings (SSSR count). The van der Waals surface area contributed by atoms with Crippen molar-refractivity contribution in [3.8, 4) is 0 Å². The number of aromatic nitrogens is 1. The fourth-order valence-corrected chi connectivity index (χ4v) is 1.47. The van der Waals surface area contributed by atoms with Gasteiger partial charge in [0, 0.05) is 0 Å². The highest BCUT2D eigenvalue weighted by atomic mass is 79.9. The Hall–Kier alpha value is -1.11. The monoisotopic (exact) mass is 297 g/mol. The molecule has 0 unspecified atom stereocenters. The third kappa shape index (κ3) is 2.94. The van der Waals surface area contributed by atoms with Crippen LogP contribution in [-0.2, 0) is 16.0 Å². The van der Waals surface area contributed by atoms with E-state index in [9.17, 15) is 18.0 Å². The van der Waals surface area contributed by atoms with Crippen LogP contribution in [0, 0.1) is 5.82 Å². The van der Waals surface area contributed by atoms with Crippen molar-refractivity contribution in [2.45, 2.75) is 12.8 Å². The lowest BCUT2D eigenvalue weighted by Crippen LogP contribution is -2.08. The standard InChI is InChI=1S/C9H7BrF3NO2/c1-16-6(15)3-4-2-5(11)7(9(12)13)14-8(4)10/h2,9H,3H2,1H3. The lowest BCUT2D eigenvalue weighted by atomic mass is 10.2. The van der Waals surface area contributed by atoms with Gasteiger partial charge in [-0.2, -0.15) is 0 Å². The van der Waals surface area contributed by atoms with E-state index in [2.05, 4.69) is 25.7 Å². The highest BCUT2D eigenvalue weighted by molar-refractivity contribution is 9.10. The Kier molecular flexibility index (Phi) is 4.28. The van der Waals surface area contributed by atoms with E-state index in [0.29, 0.717) is 0 Å². The van der Waals surface area contributed by atoms with Crippen LogP contribution in [0.3, 0.4) is 0 Å². The number of carbonyl (C=O) groups is 1. The third-order valence-corrected chi connectivity index (χ3v) is 2.49. The molecular formula is C9H7BrF3NO2. The van der Waals surface area contributed by atoms with Gasteiger partial charge >= 0.3 is 5.97 Å². The van der Waals surface area contributed by atoms with Gasteiger partial charge in [-0.3, -0.25) is 4.79 Å². The first-order valence-electron chi connectivity index (χ1n) is 4.15. The van der Waals surface area contributed by atoms with Crippen LogP contribution in [0.5, 0.6) is 0 Å². The summed E-state index contributed by atoms with van der Waals surface area (Å²) >= 11 is 2.89. The van der Waals surface area contributed by atoms with Crippen molar-refractivity contribution in [3.05, 3.63) is 27.7 Å². The zero-order valence-electron chi connectivity index (χ0n) is 8.14. The minimum atomic E-state index is -3.00. The molecule has 0 saturated heterocycles. The van der Waals surface area contributed by atoms with Crippen LogP contribution >= 0.6 is 15.9 Å². The zero-order chi connectivity index (χ0) is 12.3. The number of methoxy groups -OCH3 is 1. The molecule has 0 N–H and O–H groups in total. The topological polar surface area (TPSA) is 39.2 Å². The molecule has 0 amide bonds. The van der Waals surface area contributed by atoms with Crippen molar-refractivity contribution in [2.75, 3.05) is 7.11 Å². The van der Waals surface area contributed by atoms with Crippen LogP contribution in [0.15, 0.2) is 10.7 Å². The third-order valence-electron chi connectivity index (χ3n) is 1.80. The van der Waals surface area contributed by atoms with Gasteiger partial charge in [0.05, 0.1) is 13.5 Å². The number of alkyl halides is 2. The van der Waals surface area contributed by atoms with Crippen molar-refractivity contribution in [3.63, 3.8) is 0 Å². The van der Waals surface area contributed by atoms with Crippen molar-refractivity contribution >= 4 is 21.9 Å². The van der Waals surface area contributed by atoms with Crippen LogP contribution in [0.25, 0.3) is 0 Å². The van der Waals surface area contributed by atoms with Crippen molar-refractivity contribution in [1.82, 2.24) is 4.98 Å². The van der Waals surface area contributed by atoms with Gasteiger partial charge in [0.15, 0.2) is 5.82 Å². The number of carbonyl (C=O) groups excluding carboxylic acids is 1. The Bertz CT molecular complexity index is 412. The second-order valence-corrected chi connectivity index (χ2v) is 3.61. The van der Waals surface area contributed by atoms with E-state index in [1.54, 1.807) is 0 Å². The fraction of sp³-hybridized carbons (Fsp3) is 0.333. The fourth-order valence-electron chi connectivity index (χ4n) is 1.02. The Morgan fingerprint density at radius 1 is 1.62 bits per heavy atom. The minimum absolute atomic E-state index is 0.00889. The van der Waals surface area contributed by atoms with E-state index in [0.717, 1.165) is 6.07 Å². The second-order valence-electron chi connectivity index (χ2n) is 2.86. The van der Waals surface area contributed by atoms with Crippen LogP contribution in [-0.4, -0.2) is 18.1 Å². The first-order chi connectivity index (χ1) is 7.45. The molecule has 7 heteroatoms. The molecule has 88 valence electrons. The second kappa shape index (κ2) is 5.29. The van der Waals surface area contributed by atoms with E-state index >= 15 is 0 Å². The molecule has 0 atom stereocenters. The molecule has 16 heavy (non-hydrogen) atoms. The molecule has 0 radical (unpaired) electrons. The Morgan fingerprint density at radius 3 is 2.75 bits per heavy atom. The molecule has 0 bridgehead atoms. The average molecular weight is 298 g/mol. The summed E-state index contributed by atoms with van der Waals surface area (Å²) in [5.74, 6) is -1.75. The molecule has 1 aromatic heterocycles. The molecule has 1 aromatic rings. The molecule has 0 aliphatic carbocycles. The van der Waals surface area contributed by atoms with E-state index in [1.165, 1.54) is 7.11 Å². The van der Waals surface area contributed by atoms with Gasteiger partial charge in [-0.1, -0.05) is 0 Å². The summed E-state index contributed by atoms with van der Waals surface area (Å²) in [5.41, 5.74) is -0.783. The van der Waals surface area contributed by atoms with Gasteiger partial charge in [0.1, 0.15) is 10.3 Å². The van der Waals surface area contributed by atoms with E-state index < -0.39 is 23.9 Å². The number of hydrogen-bond acceptors (Lipinski definition) is 3. The maximum absolute atomic E-state index is 13.1. The highest BCUT2D eigenvalue weighted by Crippen LogP contribution is 2.25. The number of esters is 1. The van der Waals surface area contributed by atoms with Crippen LogP contribution in [0.2, 0.25) is 0 Å². The van der Waals surface area contributed by atoms with E-state index in [1.807, 2.05) is 0 Å². The van der Waals surface area contributed by atoms with Crippen molar-refractivity contribution < 1.29 is 22.7 Å². The number of nitrogens with zero attached hydrogens (tertiary/aromatic N) is 1. The molecule has 0 fully saturated rings. The maximum atomic E-state index is 13.1. The Labute approximate surface area is 97.8 Å². The Balaban J connectivity index is 3.05. The lowest BCUT2D eigenvalue weighted by molar-refractivity contribution is -0.139. The maximum Gasteiger partial charge on any atom is 0.310 e. The zero-order valence-corrected chi connectivity index (χ0v) is 9.72. The van der Waals surface area contributed by atoms with Crippen molar-refractivity contribution in [1.29, 1.82) is 0 Å². The van der Waals surface area contributed by atoms with E-state index in [4.69, 9.17) is 0 Å². The molecule has 0 spiro atoms. The summed E-state index contributed by atoms with van der Waals surface area (Å²) in [6.07, 6.45) is -3.23. The molecule has 0 saturated carbocycles. The molecular weight excluding hydrogens is 291 g/mol.